The first-order valence-corrected chi connectivity index (χ1v) is 12.7. The Morgan fingerprint density at radius 2 is 1.70 bits per heavy atom. The highest BCUT2D eigenvalue weighted by Gasteiger charge is 2.34. The number of hydrogen-bond donors (Lipinski definition) is 4. The van der Waals surface area contributed by atoms with E-state index in [1.54, 1.807) is 42.7 Å². The molecule has 0 atom stereocenters. The zero-order valence-corrected chi connectivity index (χ0v) is 21.8. The van der Waals surface area contributed by atoms with Crippen LogP contribution in [0.5, 0.6) is 0 Å². The number of likely N-dealkylation sites (N-methyl/N-ethyl adjacent to an activating group) is 1. The normalized spacial score (nSPS) is 14.7. The van der Waals surface area contributed by atoms with Gasteiger partial charge in [0.2, 0.25) is 0 Å². The molecule has 1 fully saturated rings. The first-order chi connectivity index (χ1) is 19.2. The number of pyridine rings is 1. The molecule has 0 radical (unpaired) electrons. The number of nitrogens with one attached hydrogen (secondary N) is 3. The summed E-state index contributed by atoms with van der Waals surface area (Å²) in [5.41, 5.74) is 8.11. The van der Waals surface area contributed by atoms with E-state index in [0.29, 0.717) is 30.4 Å². The van der Waals surface area contributed by atoms with E-state index >= 15 is 0 Å². The monoisotopic (exact) mass is 550 g/mol. The number of anilines is 3. The number of alkyl halides is 3. The SMILES string of the molecule is CN1CCN(Cc2ccc(NC(=O)Nc3ccc(-c4ncc(-c5cccnc5N)[nH]4)cc3)cc2C(F)(F)F)CC1. The lowest BCUT2D eigenvalue weighted by molar-refractivity contribution is -0.138. The molecule has 2 amide bonds. The van der Waals surface area contributed by atoms with E-state index in [1.807, 2.05) is 18.0 Å². The van der Waals surface area contributed by atoms with E-state index in [0.717, 1.165) is 36.0 Å². The third kappa shape index (κ3) is 6.41. The van der Waals surface area contributed by atoms with Gasteiger partial charge in [0.05, 0.1) is 17.5 Å². The lowest BCUT2D eigenvalue weighted by Gasteiger charge is -2.33. The largest absolute Gasteiger partial charge is 0.416 e. The molecule has 1 aliphatic heterocycles. The van der Waals surface area contributed by atoms with E-state index in [4.69, 9.17) is 5.73 Å². The summed E-state index contributed by atoms with van der Waals surface area (Å²) in [5, 5.41) is 5.16. The molecule has 12 heteroatoms. The number of amides is 2. The molecule has 1 aliphatic rings. The van der Waals surface area contributed by atoms with Gasteiger partial charge in [-0.1, -0.05) is 6.07 Å². The highest BCUT2D eigenvalue weighted by atomic mass is 19.4. The number of nitrogen functional groups attached to an aromatic ring is 1. The zero-order chi connectivity index (χ0) is 28.3. The minimum Gasteiger partial charge on any atom is -0.383 e. The summed E-state index contributed by atoms with van der Waals surface area (Å²) in [6.07, 6.45) is -1.27. The average Bonchev–Trinajstić information content (AvgIpc) is 3.41. The molecule has 5 rings (SSSR count). The van der Waals surface area contributed by atoms with Crippen molar-refractivity contribution < 1.29 is 18.0 Å². The minimum absolute atomic E-state index is 0.0568. The summed E-state index contributed by atoms with van der Waals surface area (Å²) < 4.78 is 41.6. The maximum absolute atomic E-state index is 13.9. The summed E-state index contributed by atoms with van der Waals surface area (Å²) >= 11 is 0. The zero-order valence-electron chi connectivity index (χ0n) is 21.8. The van der Waals surface area contributed by atoms with Gasteiger partial charge < -0.3 is 26.3 Å². The Hall–Kier alpha value is -4.42. The van der Waals surface area contributed by atoms with Crippen molar-refractivity contribution in [1.82, 2.24) is 24.8 Å². The average molecular weight is 551 g/mol. The van der Waals surface area contributed by atoms with Gasteiger partial charge in [-0.15, -0.1) is 0 Å². The molecule has 9 nitrogen and oxygen atoms in total. The van der Waals surface area contributed by atoms with Crippen LogP contribution in [-0.4, -0.2) is 64.0 Å². The van der Waals surface area contributed by atoms with Crippen molar-refractivity contribution in [3.8, 4) is 22.6 Å². The fraction of sp³-hybridized carbons (Fsp3) is 0.250. The van der Waals surface area contributed by atoms with Gasteiger partial charge in [-0.25, -0.2) is 14.8 Å². The number of benzene rings is 2. The van der Waals surface area contributed by atoms with Gasteiger partial charge in [0.1, 0.15) is 11.6 Å². The number of aromatic nitrogens is 3. The summed E-state index contributed by atoms with van der Waals surface area (Å²) in [6.45, 7) is 3.23. The Morgan fingerprint density at radius 3 is 2.40 bits per heavy atom. The standard InChI is InChI=1S/C28H29F3N8O/c1-38-11-13-39(14-12-38)17-19-6-9-21(15-23(19)28(29,30)31)36-27(40)35-20-7-4-18(5-8-20)26-34-16-24(37-26)22-3-2-10-33-25(22)32/h2-10,15-16H,11-14,17H2,1H3,(H2,32,33)(H,34,37)(H2,35,36,40). The molecule has 5 N–H and O–H groups in total. The van der Waals surface area contributed by atoms with Crippen molar-refractivity contribution in [2.45, 2.75) is 12.7 Å². The molecule has 208 valence electrons. The Balaban J connectivity index is 1.23. The van der Waals surface area contributed by atoms with Crippen LogP contribution in [0.1, 0.15) is 11.1 Å². The number of urea groups is 1. The Labute approximate surface area is 229 Å². The lowest BCUT2D eigenvalue weighted by Crippen LogP contribution is -2.44. The number of hydrogen-bond acceptors (Lipinski definition) is 6. The third-order valence-electron chi connectivity index (χ3n) is 6.78. The van der Waals surface area contributed by atoms with Crippen molar-refractivity contribution in [2.75, 3.05) is 49.6 Å². The predicted molar refractivity (Wildman–Crippen MR) is 149 cm³/mol. The van der Waals surface area contributed by atoms with Gasteiger partial charge in [0.25, 0.3) is 0 Å². The molecule has 0 aliphatic carbocycles. The Morgan fingerprint density at radius 1 is 1.00 bits per heavy atom. The number of aromatic amines is 1. The van der Waals surface area contributed by atoms with Crippen molar-refractivity contribution in [3.63, 3.8) is 0 Å². The van der Waals surface area contributed by atoms with Gasteiger partial charge >= 0.3 is 12.2 Å². The topological polar surface area (TPSA) is 115 Å². The molecule has 0 unspecified atom stereocenters. The maximum Gasteiger partial charge on any atom is 0.416 e. The Bertz CT molecular complexity index is 1480. The number of carbonyl (C=O) groups excluding carboxylic acids is 1. The van der Waals surface area contributed by atoms with E-state index < -0.39 is 17.8 Å². The van der Waals surface area contributed by atoms with E-state index in [2.05, 4.69) is 30.5 Å². The fourth-order valence-corrected chi connectivity index (χ4v) is 4.56. The summed E-state index contributed by atoms with van der Waals surface area (Å²) in [4.78, 5) is 28.4. The fourth-order valence-electron chi connectivity index (χ4n) is 4.56. The second-order valence-corrected chi connectivity index (χ2v) is 9.69. The Kier molecular flexibility index (Phi) is 7.71. The molecular formula is C28H29F3N8O. The van der Waals surface area contributed by atoms with E-state index in [-0.39, 0.29) is 17.8 Å². The molecule has 2 aromatic heterocycles. The number of imidazole rings is 1. The van der Waals surface area contributed by atoms with Crippen LogP contribution in [0.2, 0.25) is 0 Å². The number of H-pyrrole nitrogens is 1. The van der Waals surface area contributed by atoms with Crippen LogP contribution in [0.4, 0.5) is 35.2 Å². The molecule has 3 heterocycles. The van der Waals surface area contributed by atoms with Crippen LogP contribution in [-0.2, 0) is 12.7 Å². The van der Waals surface area contributed by atoms with Gasteiger partial charge in [-0.05, 0) is 61.1 Å². The molecule has 0 spiro atoms. The van der Waals surface area contributed by atoms with E-state index in [1.165, 1.54) is 12.1 Å². The van der Waals surface area contributed by atoms with Crippen molar-refractivity contribution in [1.29, 1.82) is 0 Å². The molecule has 2 aromatic carbocycles. The number of piperazine rings is 1. The number of nitrogens with two attached hydrogens (primary N) is 1. The smallest absolute Gasteiger partial charge is 0.383 e. The quantitative estimate of drug-likeness (QED) is 0.265. The van der Waals surface area contributed by atoms with Crippen molar-refractivity contribution >= 4 is 23.2 Å². The highest BCUT2D eigenvalue weighted by molar-refractivity contribution is 6.00. The van der Waals surface area contributed by atoms with Gasteiger partial charge in [-0.2, -0.15) is 13.2 Å². The first-order valence-electron chi connectivity index (χ1n) is 12.7. The number of rotatable bonds is 6. The molecule has 1 saturated heterocycles. The molecule has 0 saturated carbocycles. The van der Waals surface area contributed by atoms with E-state index in [9.17, 15) is 18.0 Å². The second kappa shape index (κ2) is 11.4. The van der Waals surface area contributed by atoms with Gasteiger partial charge in [0, 0.05) is 61.4 Å². The second-order valence-electron chi connectivity index (χ2n) is 9.69. The first kappa shape index (κ1) is 27.2. The molecule has 0 bridgehead atoms. The summed E-state index contributed by atoms with van der Waals surface area (Å²) in [6, 6.07) is 13.8. The molecule has 40 heavy (non-hydrogen) atoms. The maximum atomic E-state index is 13.9. The van der Waals surface area contributed by atoms with Crippen LogP contribution in [0.3, 0.4) is 0 Å². The van der Waals surface area contributed by atoms with Crippen molar-refractivity contribution in [3.05, 3.63) is 78.1 Å². The molecule has 4 aromatic rings. The predicted octanol–water partition coefficient (Wildman–Crippen LogP) is 5.13. The minimum atomic E-state index is -4.54. The van der Waals surface area contributed by atoms with Crippen LogP contribution in [0, 0.1) is 0 Å². The van der Waals surface area contributed by atoms with Crippen molar-refractivity contribution in [2.24, 2.45) is 0 Å². The van der Waals surface area contributed by atoms with Crippen LogP contribution < -0.4 is 16.4 Å². The van der Waals surface area contributed by atoms with Gasteiger partial charge in [0.15, 0.2) is 0 Å². The summed E-state index contributed by atoms with van der Waals surface area (Å²) in [7, 11) is 1.99. The summed E-state index contributed by atoms with van der Waals surface area (Å²) in [5.74, 6) is 0.987. The van der Waals surface area contributed by atoms with Crippen LogP contribution in [0.25, 0.3) is 22.6 Å². The van der Waals surface area contributed by atoms with Crippen LogP contribution >= 0.6 is 0 Å². The van der Waals surface area contributed by atoms with Gasteiger partial charge in [-0.3, -0.25) is 4.90 Å². The van der Waals surface area contributed by atoms with Crippen LogP contribution in [0.15, 0.2) is 67.0 Å². The molecular weight excluding hydrogens is 521 g/mol. The number of nitrogens with zero attached hydrogens (tertiary/aromatic N) is 4. The third-order valence-corrected chi connectivity index (χ3v) is 6.78. The number of halogens is 3. The highest BCUT2D eigenvalue weighted by Crippen LogP contribution is 2.35. The lowest BCUT2D eigenvalue weighted by atomic mass is 10.0. The number of carbonyl (C=O) groups is 1.